The third kappa shape index (κ3) is 4.72. The number of carbonyl (C=O) groups is 1. The number of carbonyl (C=O) groups excluding carboxylic acids is 1. The molecule has 5 aromatic rings. The van der Waals surface area contributed by atoms with Crippen molar-refractivity contribution in [2.45, 2.75) is 31.7 Å². The smallest absolute Gasteiger partial charge is 0.254 e. The number of hydrogen-bond acceptors (Lipinski definition) is 8. The largest absolute Gasteiger partial charge is 0.454 e. The zero-order valence-electron chi connectivity index (χ0n) is 23.2. The van der Waals surface area contributed by atoms with Gasteiger partial charge in [0, 0.05) is 30.2 Å². The highest BCUT2D eigenvalue weighted by molar-refractivity contribution is 7.16. The summed E-state index contributed by atoms with van der Waals surface area (Å²) in [5, 5.41) is 4.32. The molecule has 3 aliphatic rings. The van der Waals surface area contributed by atoms with Crippen LogP contribution in [0.25, 0.3) is 32.2 Å². The van der Waals surface area contributed by atoms with Gasteiger partial charge in [-0.2, -0.15) is 0 Å². The van der Waals surface area contributed by atoms with Gasteiger partial charge in [-0.05, 0) is 98.4 Å². The number of fused-ring (bicyclic) bond motifs is 3. The fraction of sp³-hybridized carbons (Fsp3) is 0.303. The molecule has 0 unspecified atom stereocenters. The van der Waals surface area contributed by atoms with Crippen LogP contribution < -0.4 is 14.8 Å². The van der Waals surface area contributed by atoms with Crippen molar-refractivity contribution in [3.8, 4) is 22.6 Å². The molecule has 212 valence electrons. The molecule has 2 saturated heterocycles. The molecule has 1 N–H and O–H groups in total. The summed E-state index contributed by atoms with van der Waals surface area (Å²) in [5.41, 5.74) is 7.21. The summed E-state index contributed by atoms with van der Waals surface area (Å²) in [6, 6.07) is 20.4. The predicted octanol–water partition coefficient (Wildman–Crippen LogP) is 6.68. The van der Waals surface area contributed by atoms with Gasteiger partial charge in [-0.1, -0.05) is 12.1 Å². The molecule has 0 radical (unpaired) electrons. The van der Waals surface area contributed by atoms with Gasteiger partial charge in [0.1, 0.15) is 5.82 Å². The summed E-state index contributed by atoms with van der Waals surface area (Å²) in [4.78, 5) is 28.4. The highest BCUT2D eigenvalue weighted by Gasteiger charge is 2.32. The first kappa shape index (κ1) is 25.5. The average molecular weight is 578 g/mol. The fourth-order valence-electron chi connectivity index (χ4n) is 6.51. The molecule has 1 amide bonds. The monoisotopic (exact) mass is 577 g/mol. The van der Waals surface area contributed by atoms with Gasteiger partial charge >= 0.3 is 0 Å². The van der Waals surface area contributed by atoms with Crippen molar-refractivity contribution in [2.75, 3.05) is 38.3 Å². The molecule has 42 heavy (non-hydrogen) atoms. The molecule has 0 bridgehead atoms. The van der Waals surface area contributed by atoms with E-state index >= 15 is 0 Å². The van der Waals surface area contributed by atoms with E-state index in [0.717, 1.165) is 88.5 Å². The van der Waals surface area contributed by atoms with E-state index in [1.165, 1.54) is 12.8 Å². The molecular formula is C33H31N5O3S. The number of nitrogens with one attached hydrogen (secondary N) is 1. The number of benzene rings is 3. The molecule has 2 aromatic heterocycles. The third-order valence-electron chi connectivity index (χ3n) is 8.65. The van der Waals surface area contributed by atoms with Crippen LogP contribution in [0.15, 0.2) is 66.2 Å². The van der Waals surface area contributed by atoms with Crippen LogP contribution in [0.3, 0.4) is 0 Å². The Balaban J connectivity index is 1.19. The lowest BCUT2D eigenvalue weighted by atomic mass is 9.99. The maximum atomic E-state index is 14.4. The molecule has 8 rings (SSSR count). The molecule has 5 heterocycles. The van der Waals surface area contributed by atoms with Crippen LogP contribution in [0.5, 0.6) is 11.5 Å². The molecule has 8 nitrogen and oxygen atoms in total. The van der Waals surface area contributed by atoms with E-state index in [-0.39, 0.29) is 18.7 Å². The number of anilines is 2. The Morgan fingerprint density at radius 2 is 1.74 bits per heavy atom. The van der Waals surface area contributed by atoms with Crippen LogP contribution in [0.1, 0.15) is 36.0 Å². The van der Waals surface area contributed by atoms with Gasteiger partial charge in [0.05, 0.1) is 26.8 Å². The topological polar surface area (TPSA) is 79.8 Å². The zero-order valence-corrected chi connectivity index (χ0v) is 24.0. The lowest BCUT2D eigenvalue weighted by molar-refractivity contribution is 0.0710. The summed E-state index contributed by atoms with van der Waals surface area (Å²) < 4.78 is 12.2. The minimum atomic E-state index is 0.0768. The van der Waals surface area contributed by atoms with Crippen molar-refractivity contribution in [2.24, 2.45) is 0 Å². The van der Waals surface area contributed by atoms with E-state index in [2.05, 4.69) is 38.3 Å². The number of hydrogen-bond donors (Lipinski definition) is 1. The van der Waals surface area contributed by atoms with Crippen LogP contribution in [-0.2, 0) is 0 Å². The van der Waals surface area contributed by atoms with Gasteiger partial charge in [0.2, 0.25) is 6.79 Å². The van der Waals surface area contributed by atoms with Gasteiger partial charge in [0.25, 0.3) is 5.91 Å². The second-order valence-electron chi connectivity index (χ2n) is 11.3. The van der Waals surface area contributed by atoms with Crippen molar-refractivity contribution < 1.29 is 14.3 Å². The number of amides is 1. The van der Waals surface area contributed by atoms with E-state index < -0.39 is 0 Å². The van der Waals surface area contributed by atoms with Crippen LogP contribution in [0, 0.1) is 0 Å². The minimum absolute atomic E-state index is 0.0768. The summed E-state index contributed by atoms with van der Waals surface area (Å²) in [6.45, 7) is 4.24. The van der Waals surface area contributed by atoms with Gasteiger partial charge in [-0.25, -0.2) is 9.97 Å². The van der Waals surface area contributed by atoms with Gasteiger partial charge in [0.15, 0.2) is 11.5 Å². The number of ether oxygens (including phenoxy) is 2. The second-order valence-corrected chi connectivity index (χ2v) is 12.2. The Kier molecular flexibility index (Phi) is 6.41. The Morgan fingerprint density at radius 3 is 2.67 bits per heavy atom. The van der Waals surface area contributed by atoms with Crippen LogP contribution in [-0.4, -0.2) is 64.7 Å². The standard InChI is InChI=1S/C33H31N5O3S/c39-33(38-13-3-4-24(38)18-37-11-1-2-12-37)26-17-32(35-23-7-9-28-31(16-23)42-19-34-28)36-27-8-5-21(14-25(26)27)22-6-10-29-30(15-22)41-20-40-29/h5-10,14-17,19,24H,1-4,11-13,18,20H2,(H,35,36)/t24-/m0/s1. The lowest BCUT2D eigenvalue weighted by Gasteiger charge is -2.29. The molecule has 3 aliphatic heterocycles. The predicted molar refractivity (Wildman–Crippen MR) is 166 cm³/mol. The number of nitrogens with zero attached hydrogens (tertiary/aromatic N) is 4. The van der Waals surface area contributed by atoms with E-state index in [1.54, 1.807) is 11.3 Å². The minimum Gasteiger partial charge on any atom is -0.454 e. The maximum Gasteiger partial charge on any atom is 0.254 e. The van der Waals surface area contributed by atoms with E-state index in [4.69, 9.17) is 14.5 Å². The van der Waals surface area contributed by atoms with Crippen LogP contribution in [0.4, 0.5) is 11.5 Å². The zero-order chi connectivity index (χ0) is 28.0. The van der Waals surface area contributed by atoms with Crippen molar-refractivity contribution in [3.05, 3.63) is 71.7 Å². The van der Waals surface area contributed by atoms with Crippen LogP contribution >= 0.6 is 11.3 Å². The number of aromatic nitrogens is 2. The highest BCUT2D eigenvalue weighted by atomic mass is 32.1. The SMILES string of the molecule is O=C(c1cc(Nc2ccc3ncsc3c2)nc2ccc(-c3ccc4c(c3)OCO4)cc12)N1CCC[C@H]1CN1CCCC1. The molecule has 0 saturated carbocycles. The van der Waals surface area contributed by atoms with Gasteiger partial charge in [-0.15, -0.1) is 11.3 Å². The van der Waals surface area contributed by atoms with E-state index in [9.17, 15) is 4.79 Å². The lowest BCUT2D eigenvalue weighted by Crippen LogP contribution is -2.42. The average Bonchev–Trinajstić information content (AvgIpc) is 3.84. The molecule has 9 heteroatoms. The van der Waals surface area contributed by atoms with Crippen molar-refractivity contribution in [3.63, 3.8) is 0 Å². The number of likely N-dealkylation sites (tertiary alicyclic amines) is 2. The quantitative estimate of drug-likeness (QED) is 0.241. The summed E-state index contributed by atoms with van der Waals surface area (Å²) >= 11 is 1.61. The molecule has 1 atom stereocenters. The van der Waals surface area contributed by atoms with E-state index in [1.807, 2.05) is 48.0 Å². The maximum absolute atomic E-state index is 14.4. The van der Waals surface area contributed by atoms with Gasteiger partial charge in [-0.3, -0.25) is 4.79 Å². The first-order chi connectivity index (χ1) is 20.7. The molecule has 0 spiro atoms. The Morgan fingerprint density at radius 1 is 0.905 bits per heavy atom. The molecule has 3 aromatic carbocycles. The van der Waals surface area contributed by atoms with Gasteiger partial charge < -0.3 is 24.6 Å². The Hall–Kier alpha value is -4.21. The number of thiazole rings is 1. The fourth-order valence-corrected chi connectivity index (χ4v) is 7.23. The van der Waals surface area contributed by atoms with Crippen molar-refractivity contribution in [1.29, 1.82) is 0 Å². The normalized spacial score (nSPS) is 18.4. The molecule has 0 aliphatic carbocycles. The first-order valence-corrected chi connectivity index (χ1v) is 15.5. The van der Waals surface area contributed by atoms with Crippen molar-refractivity contribution >= 4 is 49.9 Å². The molecule has 2 fully saturated rings. The summed E-state index contributed by atoms with van der Waals surface area (Å²) in [5.74, 6) is 2.22. The first-order valence-electron chi connectivity index (χ1n) is 14.7. The summed E-state index contributed by atoms with van der Waals surface area (Å²) in [7, 11) is 0. The van der Waals surface area contributed by atoms with E-state index in [0.29, 0.717) is 11.4 Å². The summed E-state index contributed by atoms with van der Waals surface area (Å²) in [6.07, 6.45) is 4.59. The number of pyridine rings is 1. The van der Waals surface area contributed by atoms with Crippen LogP contribution in [0.2, 0.25) is 0 Å². The third-order valence-corrected chi connectivity index (χ3v) is 9.45. The molecular weight excluding hydrogens is 546 g/mol. The Labute approximate surface area is 247 Å². The Bertz CT molecular complexity index is 1810. The highest BCUT2D eigenvalue weighted by Crippen LogP contribution is 2.37. The number of rotatable bonds is 6. The second kappa shape index (κ2) is 10.6. The van der Waals surface area contributed by atoms with Crippen molar-refractivity contribution in [1.82, 2.24) is 19.8 Å².